The SMILES string of the molecule is Cc1nccn1CC1CCN(C(C)C(=O)N(C)C)CC1. The standard InChI is InChI=1S/C15H26N4O/c1-12(15(20)17(3)4)18-8-5-14(6-9-18)11-19-10-7-16-13(19)2/h7,10,12,14H,5-6,8-9,11H2,1-4H3. The maximum atomic E-state index is 12.0. The molecule has 1 saturated heterocycles. The van der Waals surface area contributed by atoms with Crippen LogP contribution in [0.4, 0.5) is 0 Å². The normalized spacial score (nSPS) is 19.0. The Labute approximate surface area is 121 Å². The molecule has 1 aliphatic rings. The van der Waals surface area contributed by atoms with E-state index in [0.29, 0.717) is 5.92 Å². The molecule has 0 aromatic carbocycles. The van der Waals surface area contributed by atoms with E-state index >= 15 is 0 Å². The van der Waals surface area contributed by atoms with Crippen LogP contribution < -0.4 is 0 Å². The minimum absolute atomic E-state index is 0.000862. The predicted molar refractivity (Wildman–Crippen MR) is 79.4 cm³/mol. The van der Waals surface area contributed by atoms with Crippen LogP contribution in [0.5, 0.6) is 0 Å². The largest absolute Gasteiger partial charge is 0.347 e. The Balaban J connectivity index is 1.83. The van der Waals surface area contributed by atoms with Crippen LogP contribution in [-0.4, -0.2) is 58.5 Å². The van der Waals surface area contributed by atoms with Gasteiger partial charge in [0, 0.05) is 33.0 Å². The smallest absolute Gasteiger partial charge is 0.239 e. The molecular weight excluding hydrogens is 252 g/mol. The van der Waals surface area contributed by atoms with Crippen molar-refractivity contribution in [3.8, 4) is 0 Å². The average Bonchev–Trinajstić information content (AvgIpc) is 2.83. The molecule has 1 amide bonds. The number of nitrogens with zero attached hydrogens (tertiary/aromatic N) is 4. The third-order valence-electron chi connectivity index (χ3n) is 4.37. The Bertz CT molecular complexity index is 446. The van der Waals surface area contributed by atoms with Crippen molar-refractivity contribution in [2.45, 2.75) is 39.3 Å². The molecular formula is C15H26N4O. The molecule has 2 rings (SSSR count). The molecule has 20 heavy (non-hydrogen) atoms. The Hall–Kier alpha value is -1.36. The molecule has 5 nitrogen and oxygen atoms in total. The molecule has 2 heterocycles. The van der Waals surface area contributed by atoms with Gasteiger partial charge in [-0.05, 0) is 45.7 Å². The zero-order valence-electron chi connectivity index (χ0n) is 13.0. The van der Waals surface area contributed by atoms with E-state index in [4.69, 9.17) is 0 Å². The first kappa shape index (κ1) is 15.0. The molecule has 0 N–H and O–H groups in total. The van der Waals surface area contributed by atoms with Gasteiger partial charge in [-0.15, -0.1) is 0 Å². The van der Waals surface area contributed by atoms with Crippen LogP contribution in [0.15, 0.2) is 12.4 Å². The van der Waals surface area contributed by atoms with E-state index in [1.807, 2.05) is 34.1 Å². The summed E-state index contributed by atoms with van der Waals surface area (Å²) in [6.45, 7) is 7.14. The third-order valence-corrected chi connectivity index (χ3v) is 4.37. The van der Waals surface area contributed by atoms with Crippen molar-refractivity contribution in [2.24, 2.45) is 5.92 Å². The molecule has 5 heteroatoms. The van der Waals surface area contributed by atoms with E-state index in [0.717, 1.165) is 38.3 Å². The molecule has 0 aliphatic carbocycles. The Morgan fingerprint density at radius 2 is 2.10 bits per heavy atom. The van der Waals surface area contributed by atoms with E-state index < -0.39 is 0 Å². The van der Waals surface area contributed by atoms with E-state index in [9.17, 15) is 4.79 Å². The van der Waals surface area contributed by atoms with Gasteiger partial charge in [0.2, 0.25) is 5.91 Å². The third kappa shape index (κ3) is 3.39. The number of aryl methyl sites for hydroxylation is 1. The molecule has 1 fully saturated rings. The predicted octanol–water partition coefficient (Wildman–Crippen LogP) is 1.38. The lowest BCUT2D eigenvalue weighted by atomic mass is 9.95. The van der Waals surface area contributed by atoms with Crippen molar-refractivity contribution < 1.29 is 4.79 Å². The molecule has 0 bridgehead atoms. The summed E-state index contributed by atoms with van der Waals surface area (Å²) >= 11 is 0. The lowest BCUT2D eigenvalue weighted by molar-refractivity contribution is -0.134. The number of likely N-dealkylation sites (N-methyl/N-ethyl adjacent to an activating group) is 1. The fourth-order valence-electron chi connectivity index (χ4n) is 2.93. The van der Waals surface area contributed by atoms with E-state index in [1.54, 1.807) is 4.90 Å². The molecule has 1 atom stereocenters. The fraction of sp³-hybridized carbons (Fsp3) is 0.733. The van der Waals surface area contributed by atoms with Crippen LogP contribution in [0.25, 0.3) is 0 Å². The molecule has 1 unspecified atom stereocenters. The van der Waals surface area contributed by atoms with Crippen molar-refractivity contribution in [2.75, 3.05) is 27.2 Å². The van der Waals surface area contributed by atoms with E-state index in [2.05, 4.69) is 20.6 Å². The van der Waals surface area contributed by atoms with Crippen molar-refractivity contribution in [1.82, 2.24) is 19.4 Å². The second kappa shape index (κ2) is 6.39. The maximum Gasteiger partial charge on any atom is 0.239 e. The van der Waals surface area contributed by atoms with Crippen LogP contribution in [-0.2, 0) is 11.3 Å². The minimum Gasteiger partial charge on any atom is -0.347 e. The van der Waals surface area contributed by atoms with E-state index in [1.165, 1.54) is 0 Å². The number of rotatable bonds is 4. The first-order valence-electron chi connectivity index (χ1n) is 7.42. The zero-order chi connectivity index (χ0) is 14.7. The number of carbonyl (C=O) groups excluding carboxylic acids is 1. The van der Waals surface area contributed by atoms with Gasteiger partial charge in [0.25, 0.3) is 0 Å². The first-order valence-corrected chi connectivity index (χ1v) is 7.42. The van der Waals surface area contributed by atoms with Gasteiger partial charge in [-0.25, -0.2) is 4.98 Å². The van der Waals surface area contributed by atoms with Crippen LogP contribution >= 0.6 is 0 Å². The van der Waals surface area contributed by atoms with Gasteiger partial charge in [0.1, 0.15) is 5.82 Å². The summed E-state index contributed by atoms with van der Waals surface area (Å²) in [5, 5.41) is 0. The lowest BCUT2D eigenvalue weighted by Crippen LogP contribution is -2.48. The summed E-state index contributed by atoms with van der Waals surface area (Å²) < 4.78 is 2.23. The van der Waals surface area contributed by atoms with Crippen molar-refractivity contribution in [3.63, 3.8) is 0 Å². The van der Waals surface area contributed by atoms with Crippen molar-refractivity contribution in [3.05, 3.63) is 18.2 Å². The zero-order valence-corrected chi connectivity index (χ0v) is 13.0. The highest BCUT2D eigenvalue weighted by atomic mass is 16.2. The second-order valence-electron chi connectivity index (χ2n) is 6.01. The van der Waals surface area contributed by atoms with Crippen molar-refractivity contribution in [1.29, 1.82) is 0 Å². The summed E-state index contributed by atoms with van der Waals surface area (Å²) in [5.74, 6) is 1.98. The summed E-state index contributed by atoms with van der Waals surface area (Å²) in [5.41, 5.74) is 0. The highest BCUT2D eigenvalue weighted by molar-refractivity contribution is 5.80. The monoisotopic (exact) mass is 278 g/mol. The number of carbonyl (C=O) groups is 1. The fourth-order valence-corrected chi connectivity index (χ4v) is 2.93. The van der Waals surface area contributed by atoms with Crippen LogP contribution in [0, 0.1) is 12.8 Å². The average molecular weight is 278 g/mol. The lowest BCUT2D eigenvalue weighted by Gasteiger charge is -2.36. The number of imidazole rings is 1. The Morgan fingerprint density at radius 3 is 2.60 bits per heavy atom. The molecule has 0 radical (unpaired) electrons. The number of amides is 1. The number of hydrogen-bond donors (Lipinski definition) is 0. The molecule has 1 aromatic heterocycles. The molecule has 1 aliphatic heterocycles. The first-order chi connectivity index (χ1) is 9.49. The van der Waals surface area contributed by atoms with Gasteiger partial charge in [-0.3, -0.25) is 9.69 Å². The summed E-state index contributed by atoms with van der Waals surface area (Å²) in [6.07, 6.45) is 6.23. The summed E-state index contributed by atoms with van der Waals surface area (Å²) in [4.78, 5) is 20.3. The van der Waals surface area contributed by atoms with Gasteiger partial charge in [-0.1, -0.05) is 0 Å². The van der Waals surface area contributed by atoms with Gasteiger partial charge in [0.05, 0.1) is 6.04 Å². The molecule has 0 saturated carbocycles. The summed E-state index contributed by atoms with van der Waals surface area (Å²) in [7, 11) is 3.65. The van der Waals surface area contributed by atoms with Crippen LogP contribution in [0.1, 0.15) is 25.6 Å². The van der Waals surface area contributed by atoms with Crippen LogP contribution in [0.3, 0.4) is 0 Å². The van der Waals surface area contributed by atoms with E-state index in [-0.39, 0.29) is 11.9 Å². The Morgan fingerprint density at radius 1 is 1.45 bits per heavy atom. The quantitative estimate of drug-likeness (QED) is 0.835. The molecule has 0 spiro atoms. The van der Waals surface area contributed by atoms with Gasteiger partial charge in [-0.2, -0.15) is 0 Å². The maximum absolute atomic E-state index is 12.0. The number of likely N-dealkylation sites (tertiary alicyclic amines) is 1. The molecule has 112 valence electrons. The highest BCUT2D eigenvalue weighted by Crippen LogP contribution is 2.21. The minimum atomic E-state index is 0.000862. The van der Waals surface area contributed by atoms with Crippen molar-refractivity contribution >= 4 is 5.91 Å². The number of aromatic nitrogens is 2. The Kier molecular flexibility index (Phi) is 4.81. The van der Waals surface area contributed by atoms with Gasteiger partial charge in [0.15, 0.2) is 0 Å². The number of piperidine rings is 1. The number of hydrogen-bond acceptors (Lipinski definition) is 3. The summed E-state index contributed by atoms with van der Waals surface area (Å²) in [6, 6.07) is 0.000862. The topological polar surface area (TPSA) is 41.4 Å². The molecule has 1 aromatic rings. The highest BCUT2D eigenvalue weighted by Gasteiger charge is 2.27. The van der Waals surface area contributed by atoms with Crippen LogP contribution in [0.2, 0.25) is 0 Å². The van der Waals surface area contributed by atoms with Gasteiger partial charge >= 0.3 is 0 Å². The van der Waals surface area contributed by atoms with Gasteiger partial charge < -0.3 is 9.47 Å². The second-order valence-corrected chi connectivity index (χ2v) is 6.01.